The molecule has 2 aliphatic heterocycles. The van der Waals surface area contributed by atoms with Gasteiger partial charge in [0, 0.05) is 61.5 Å². The summed E-state index contributed by atoms with van der Waals surface area (Å²) in [5, 5.41) is 3.24. The lowest BCUT2D eigenvalue weighted by Crippen LogP contribution is -2.60. The third kappa shape index (κ3) is 5.81. The molecule has 0 saturated carbocycles. The number of fused-ring (bicyclic) bond motifs is 10. The molecule has 6 heterocycles. The van der Waals surface area contributed by atoms with Gasteiger partial charge in [-0.25, -0.2) is 0 Å². The molecule has 6 aromatic carbocycles. The van der Waals surface area contributed by atoms with Gasteiger partial charge in [0.1, 0.15) is 45.3 Å². The largest absolute Gasteiger partial charge is 0.468 e. The molecule has 0 amide bonds. The van der Waals surface area contributed by atoms with Crippen molar-refractivity contribution in [2.24, 2.45) is 0 Å². The van der Waals surface area contributed by atoms with Crippen molar-refractivity contribution in [1.82, 2.24) is 0 Å². The second kappa shape index (κ2) is 13.8. The van der Waals surface area contributed by atoms with Gasteiger partial charge in [-0.1, -0.05) is 97.0 Å². The van der Waals surface area contributed by atoms with Crippen molar-refractivity contribution in [1.29, 1.82) is 0 Å². The van der Waals surface area contributed by atoms with E-state index in [4.69, 9.17) is 17.7 Å². The van der Waals surface area contributed by atoms with E-state index >= 15 is 0 Å². The second-order valence-corrected chi connectivity index (χ2v) is 20.6. The fourth-order valence-corrected chi connectivity index (χ4v) is 10.6. The Labute approximate surface area is 384 Å². The molecular weight excluding hydrogens is 811 g/mol. The van der Waals surface area contributed by atoms with Crippen LogP contribution in [-0.2, 0) is 10.8 Å². The van der Waals surface area contributed by atoms with Crippen molar-refractivity contribution >= 4 is 96.6 Å². The third-order valence-corrected chi connectivity index (χ3v) is 14.2. The molecule has 0 bridgehead atoms. The fourth-order valence-electron chi connectivity index (χ4n) is 10.6. The molecule has 3 aliphatic rings. The summed E-state index contributed by atoms with van der Waals surface area (Å²) < 4.78 is 27.3. The molecule has 1 unspecified atom stereocenters. The number of furan rings is 4. The number of para-hydroxylation sites is 1. The van der Waals surface area contributed by atoms with Crippen LogP contribution in [0.4, 0.5) is 34.1 Å². The van der Waals surface area contributed by atoms with Crippen molar-refractivity contribution in [3.63, 3.8) is 0 Å². The number of rotatable bonds is 4. The van der Waals surface area contributed by atoms with Gasteiger partial charge in [0.2, 0.25) is 0 Å². The van der Waals surface area contributed by atoms with Gasteiger partial charge >= 0.3 is 6.71 Å². The predicted octanol–water partition coefficient (Wildman–Crippen LogP) is 15.1. The van der Waals surface area contributed by atoms with Crippen LogP contribution in [0.5, 0.6) is 0 Å². The lowest BCUT2D eigenvalue weighted by atomic mass is 9.37. The van der Waals surface area contributed by atoms with E-state index in [0.29, 0.717) is 5.92 Å². The zero-order valence-corrected chi connectivity index (χ0v) is 38.3. The van der Waals surface area contributed by atoms with Crippen LogP contribution in [0.1, 0.15) is 83.3 Å². The summed E-state index contributed by atoms with van der Waals surface area (Å²) in [7, 11) is 0. The quantitative estimate of drug-likeness (QED) is 0.164. The molecule has 1 aliphatic carbocycles. The molecule has 7 heteroatoms. The lowest BCUT2D eigenvalue weighted by Gasteiger charge is -2.40. The highest BCUT2D eigenvalue weighted by Crippen LogP contribution is 2.50. The minimum Gasteiger partial charge on any atom is -0.468 e. The van der Waals surface area contributed by atoms with E-state index in [0.717, 1.165) is 119 Å². The van der Waals surface area contributed by atoms with Crippen LogP contribution < -0.4 is 26.6 Å². The van der Waals surface area contributed by atoms with Crippen molar-refractivity contribution in [2.75, 3.05) is 9.80 Å². The van der Waals surface area contributed by atoms with Crippen LogP contribution in [0, 0.1) is 0 Å². The first-order chi connectivity index (χ1) is 31.9. The summed E-state index contributed by atoms with van der Waals surface area (Å²) in [6.07, 6.45) is 5.42. The summed E-state index contributed by atoms with van der Waals surface area (Å²) in [6, 6.07) is 50.2. The fraction of sp³-hybridized carbons (Fsp3) is 0.186. The van der Waals surface area contributed by atoms with Gasteiger partial charge in [-0.3, -0.25) is 0 Å². The Morgan fingerprint density at radius 2 is 1.08 bits per heavy atom. The zero-order valence-electron chi connectivity index (χ0n) is 38.3. The van der Waals surface area contributed by atoms with Crippen molar-refractivity contribution < 1.29 is 17.7 Å². The van der Waals surface area contributed by atoms with E-state index in [1.807, 2.05) is 18.2 Å². The van der Waals surface area contributed by atoms with Gasteiger partial charge in [-0.2, -0.15) is 0 Å². The number of allylic oxidation sites excluding steroid dienone is 1. The maximum atomic E-state index is 7.22. The normalized spacial score (nSPS) is 15.4. The van der Waals surface area contributed by atoms with E-state index < -0.39 is 0 Å². The molecule has 6 nitrogen and oxygen atoms in total. The first-order valence-corrected chi connectivity index (χ1v) is 23.2. The minimum absolute atomic E-state index is 0.0680. The topological polar surface area (TPSA) is 59.0 Å². The van der Waals surface area contributed by atoms with Crippen LogP contribution in [-0.4, -0.2) is 6.71 Å². The van der Waals surface area contributed by atoms with Crippen LogP contribution in [0.15, 0.2) is 163 Å². The molecule has 1 atom stereocenters. The molecule has 66 heavy (non-hydrogen) atoms. The monoisotopic (exact) mass is 860 g/mol. The first kappa shape index (κ1) is 39.0. The zero-order chi connectivity index (χ0) is 44.8. The van der Waals surface area contributed by atoms with Gasteiger partial charge in [-0.15, -0.1) is 0 Å². The number of anilines is 6. The smallest absolute Gasteiger partial charge is 0.342 e. The summed E-state index contributed by atoms with van der Waals surface area (Å²) in [4.78, 5) is 4.82. The van der Waals surface area contributed by atoms with Crippen LogP contribution >= 0.6 is 0 Å². The summed E-state index contributed by atoms with van der Waals surface area (Å²) in [5.74, 6) is 3.15. The van der Waals surface area contributed by atoms with E-state index in [1.54, 1.807) is 0 Å². The van der Waals surface area contributed by atoms with Crippen molar-refractivity contribution in [3.05, 3.63) is 168 Å². The molecule has 13 rings (SSSR count). The number of hydrogen-bond acceptors (Lipinski definition) is 6. The highest BCUT2D eigenvalue weighted by Gasteiger charge is 2.50. The van der Waals surface area contributed by atoms with Crippen LogP contribution in [0.2, 0.25) is 0 Å². The Balaban J connectivity index is 1.04. The Morgan fingerprint density at radius 1 is 0.530 bits per heavy atom. The second-order valence-electron chi connectivity index (χ2n) is 20.6. The molecule has 10 aromatic rings. The van der Waals surface area contributed by atoms with Crippen molar-refractivity contribution in [3.8, 4) is 22.6 Å². The summed E-state index contributed by atoms with van der Waals surface area (Å²) in [5.41, 5.74) is 17.3. The maximum Gasteiger partial charge on any atom is 0.342 e. The molecular formula is C59H49BN2O4. The minimum atomic E-state index is -0.316. The molecule has 0 N–H and O–H groups in total. The third-order valence-electron chi connectivity index (χ3n) is 14.2. The average molecular weight is 861 g/mol. The highest BCUT2D eigenvalue weighted by atomic mass is 16.4. The summed E-state index contributed by atoms with van der Waals surface area (Å²) >= 11 is 0. The SMILES string of the molecule is CC1CC=Cc2cc(-c3ccc(N4c5cccc6c5B(c5oc7ccc(C(C)(C)C)cc7c54)c4oc5ccc(C(C)(C)C)cc5c4N6c4ccc(-c5cc6ccccc6o5)cc4)cc3)oc21. The Bertz CT molecular complexity index is 3590. The molecule has 0 spiro atoms. The van der Waals surface area contributed by atoms with Crippen LogP contribution in [0.25, 0.3) is 61.6 Å². The molecule has 0 fully saturated rings. The number of benzene rings is 6. The average Bonchev–Trinajstić information content (AvgIpc) is 4.12. The van der Waals surface area contributed by atoms with Gasteiger partial charge in [-0.05, 0) is 137 Å². The van der Waals surface area contributed by atoms with E-state index in [2.05, 4.69) is 192 Å². The van der Waals surface area contributed by atoms with E-state index in [1.165, 1.54) is 16.7 Å². The van der Waals surface area contributed by atoms with Gasteiger partial charge in [0.25, 0.3) is 0 Å². The first-order valence-electron chi connectivity index (χ1n) is 23.2. The van der Waals surface area contributed by atoms with Gasteiger partial charge < -0.3 is 27.5 Å². The van der Waals surface area contributed by atoms with E-state index in [-0.39, 0.29) is 17.5 Å². The number of hydrogen-bond donors (Lipinski definition) is 0. The Morgan fingerprint density at radius 3 is 1.61 bits per heavy atom. The lowest BCUT2D eigenvalue weighted by molar-refractivity contribution is 0.483. The van der Waals surface area contributed by atoms with Crippen molar-refractivity contribution in [2.45, 2.75) is 71.6 Å². The molecule has 0 saturated heterocycles. The van der Waals surface area contributed by atoms with Crippen LogP contribution in [0.3, 0.4) is 0 Å². The standard InChI is InChI=1S/C59H49BN2O4/c1-34-12-10-14-38-31-51(64-55(34)38)36-20-26-42(27-21-36)62-46-16-11-15-45-52(46)60(57-54(62)44-33-40(59(5,6)7)23-29-49(44)66-57)56-53(43-32-39(58(2,3)4)22-28-48(43)65-56)61(45)41-24-18-35(19-25-41)50-30-37-13-8-9-17-47(37)63-50/h8-11,13-34H,12H2,1-7H3. The van der Waals surface area contributed by atoms with E-state index in [9.17, 15) is 0 Å². The summed E-state index contributed by atoms with van der Waals surface area (Å²) in [6.45, 7) is 15.5. The van der Waals surface area contributed by atoms with Gasteiger partial charge in [0.05, 0.1) is 11.4 Å². The molecule has 322 valence electrons. The number of nitrogens with zero attached hydrogens (tertiary/aromatic N) is 2. The predicted molar refractivity (Wildman–Crippen MR) is 272 cm³/mol. The Hall–Kier alpha value is -7.38. The Kier molecular flexibility index (Phi) is 8.17. The molecule has 4 aromatic heterocycles. The maximum absolute atomic E-state index is 7.22. The van der Waals surface area contributed by atoms with Gasteiger partial charge in [0.15, 0.2) is 0 Å². The molecule has 0 radical (unpaired) electrons. The highest BCUT2D eigenvalue weighted by molar-refractivity contribution is 6.99.